The van der Waals surface area contributed by atoms with Gasteiger partial charge in [0.05, 0.1) is 18.5 Å². The molecule has 0 amide bonds. The summed E-state index contributed by atoms with van der Waals surface area (Å²) in [5.41, 5.74) is 8.77. The van der Waals surface area contributed by atoms with Gasteiger partial charge in [0, 0.05) is 25.8 Å². The Morgan fingerprint density at radius 1 is 1.20 bits per heavy atom. The lowest BCUT2D eigenvalue weighted by Crippen LogP contribution is -2.08. The summed E-state index contributed by atoms with van der Waals surface area (Å²) < 4.78 is 5.58. The lowest BCUT2D eigenvalue weighted by Gasteiger charge is -2.13. The molecule has 0 aliphatic heterocycles. The Hall–Kier alpha value is -2.23. The van der Waals surface area contributed by atoms with Crippen LogP contribution < -0.4 is 15.4 Å². The molecule has 0 fully saturated rings. The minimum Gasteiger partial charge on any atom is -0.478 e. The second-order valence-electron chi connectivity index (χ2n) is 4.95. The summed E-state index contributed by atoms with van der Waals surface area (Å²) in [4.78, 5) is 6.22. The predicted octanol–water partition coefficient (Wildman–Crippen LogP) is 2.74. The molecule has 0 spiro atoms. The number of nitrogens with two attached hydrogens (primary N) is 1. The molecule has 0 unspecified atom stereocenters. The highest BCUT2D eigenvalue weighted by molar-refractivity contribution is 5.47. The highest BCUT2D eigenvalue weighted by Gasteiger charge is 1.99. The monoisotopic (exact) mass is 271 g/mol. The van der Waals surface area contributed by atoms with Crippen LogP contribution in [0.25, 0.3) is 0 Å². The Balaban J connectivity index is 1.78. The molecule has 0 aliphatic rings. The number of nitrogens with zero attached hydrogens (tertiary/aromatic N) is 2. The second-order valence-corrected chi connectivity index (χ2v) is 4.95. The molecule has 0 aliphatic carbocycles. The fourth-order valence-electron chi connectivity index (χ4n) is 1.92. The molecule has 0 saturated heterocycles. The van der Waals surface area contributed by atoms with Crippen LogP contribution >= 0.6 is 0 Å². The van der Waals surface area contributed by atoms with Crippen LogP contribution in [-0.4, -0.2) is 25.7 Å². The van der Waals surface area contributed by atoms with Gasteiger partial charge in [-0.15, -0.1) is 0 Å². The van der Waals surface area contributed by atoms with E-state index in [-0.39, 0.29) is 0 Å². The van der Waals surface area contributed by atoms with Crippen molar-refractivity contribution in [1.29, 1.82) is 0 Å². The lowest BCUT2D eigenvalue weighted by atomic mass is 10.1. The van der Waals surface area contributed by atoms with Crippen LogP contribution in [0.5, 0.6) is 5.88 Å². The summed E-state index contributed by atoms with van der Waals surface area (Å²) in [5.74, 6) is 0.626. The maximum atomic E-state index is 5.58. The van der Waals surface area contributed by atoms with Crippen molar-refractivity contribution in [1.82, 2.24) is 4.98 Å². The van der Waals surface area contributed by atoms with E-state index in [0.29, 0.717) is 18.2 Å². The number of ether oxygens (including phenoxy) is 1. The molecule has 0 bridgehead atoms. The number of nitrogen functional groups attached to an aromatic ring is 1. The predicted molar refractivity (Wildman–Crippen MR) is 83.2 cm³/mol. The van der Waals surface area contributed by atoms with Crippen molar-refractivity contribution in [3.8, 4) is 5.88 Å². The zero-order chi connectivity index (χ0) is 14.4. The number of benzene rings is 1. The summed E-state index contributed by atoms with van der Waals surface area (Å²) >= 11 is 0. The number of pyridine rings is 1. The van der Waals surface area contributed by atoms with Crippen molar-refractivity contribution in [2.45, 2.75) is 12.8 Å². The number of rotatable bonds is 6. The van der Waals surface area contributed by atoms with Crippen LogP contribution in [0.2, 0.25) is 0 Å². The molecule has 1 aromatic heterocycles. The third-order valence-electron chi connectivity index (χ3n) is 3.05. The first-order valence-corrected chi connectivity index (χ1v) is 6.76. The smallest absolute Gasteiger partial charge is 0.213 e. The number of hydrogen-bond donors (Lipinski definition) is 1. The molecule has 2 N–H and O–H groups in total. The third kappa shape index (κ3) is 4.16. The quantitative estimate of drug-likeness (QED) is 0.821. The van der Waals surface area contributed by atoms with E-state index in [1.165, 1.54) is 11.3 Å². The molecule has 0 radical (unpaired) electrons. The maximum Gasteiger partial charge on any atom is 0.213 e. The number of aryl methyl sites for hydroxylation is 1. The molecule has 0 saturated carbocycles. The molecule has 106 valence electrons. The van der Waals surface area contributed by atoms with Crippen LogP contribution in [-0.2, 0) is 6.42 Å². The van der Waals surface area contributed by atoms with E-state index >= 15 is 0 Å². The number of anilines is 2. The van der Waals surface area contributed by atoms with Gasteiger partial charge in [-0.05, 0) is 36.6 Å². The first-order valence-electron chi connectivity index (χ1n) is 6.76. The normalized spacial score (nSPS) is 10.3. The molecule has 4 heteroatoms. The van der Waals surface area contributed by atoms with Crippen molar-refractivity contribution in [2.24, 2.45) is 0 Å². The number of hydrogen-bond acceptors (Lipinski definition) is 4. The molecule has 0 atom stereocenters. The van der Waals surface area contributed by atoms with E-state index in [1.807, 2.05) is 0 Å². The first-order chi connectivity index (χ1) is 9.65. The highest BCUT2D eigenvalue weighted by atomic mass is 16.5. The van der Waals surface area contributed by atoms with Crippen molar-refractivity contribution >= 4 is 11.4 Å². The zero-order valence-corrected chi connectivity index (χ0v) is 12.0. The highest BCUT2D eigenvalue weighted by Crippen LogP contribution is 2.15. The Bertz CT molecular complexity index is 538. The first kappa shape index (κ1) is 14.2. The largest absolute Gasteiger partial charge is 0.478 e. The summed E-state index contributed by atoms with van der Waals surface area (Å²) in [6.45, 7) is 0.656. The minimum atomic E-state index is 0.626. The summed E-state index contributed by atoms with van der Waals surface area (Å²) in [5, 5.41) is 0. The van der Waals surface area contributed by atoms with Crippen LogP contribution in [0.1, 0.15) is 12.0 Å². The van der Waals surface area contributed by atoms with E-state index in [9.17, 15) is 0 Å². The van der Waals surface area contributed by atoms with Crippen molar-refractivity contribution in [3.05, 3.63) is 48.2 Å². The van der Waals surface area contributed by atoms with E-state index < -0.39 is 0 Å². The van der Waals surface area contributed by atoms with Gasteiger partial charge in [0.2, 0.25) is 5.88 Å². The fraction of sp³-hybridized carbons (Fsp3) is 0.312. The van der Waals surface area contributed by atoms with Crippen LogP contribution in [0.4, 0.5) is 11.4 Å². The standard InChI is InChI=1S/C16H21N3O/c1-19(2)15-7-3-5-13(11-15)6-4-10-20-16-9-8-14(17)12-18-16/h3,5,7-9,11-12H,4,6,10,17H2,1-2H3. The second kappa shape index (κ2) is 6.80. The van der Waals surface area contributed by atoms with Gasteiger partial charge in [-0.2, -0.15) is 0 Å². The Kier molecular flexibility index (Phi) is 4.82. The van der Waals surface area contributed by atoms with Crippen molar-refractivity contribution in [3.63, 3.8) is 0 Å². The molecular weight excluding hydrogens is 250 g/mol. The fourth-order valence-corrected chi connectivity index (χ4v) is 1.92. The molecule has 2 aromatic rings. The summed E-state index contributed by atoms with van der Waals surface area (Å²) in [6, 6.07) is 12.1. The van der Waals surface area contributed by atoms with Gasteiger partial charge in [-0.25, -0.2) is 4.98 Å². The van der Waals surface area contributed by atoms with Crippen molar-refractivity contribution < 1.29 is 4.74 Å². The molecule has 20 heavy (non-hydrogen) atoms. The van der Waals surface area contributed by atoms with Gasteiger partial charge in [0.25, 0.3) is 0 Å². The average molecular weight is 271 g/mol. The topological polar surface area (TPSA) is 51.4 Å². The molecule has 1 aromatic carbocycles. The van der Waals surface area contributed by atoms with Gasteiger partial charge in [-0.1, -0.05) is 12.1 Å². The van der Waals surface area contributed by atoms with E-state index in [1.54, 1.807) is 18.3 Å². The van der Waals surface area contributed by atoms with Crippen LogP contribution in [0.3, 0.4) is 0 Å². The van der Waals surface area contributed by atoms with Crippen molar-refractivity contribution in [2.75, 3.05) is 31.3 Å². The van der Waals surface area contributed by atoms with Crippen LogP contribution in [0, 0.1) is 0 Å². The van der Waals surface area contributed by atoms with Gasteiger partial charge >= 0.3 is 0 Å². The SMILES string of the molecule is CN(C)c1cccc(CCCOc2ccc(N)cn2)c1. The third-order valence-corrected chi connectivity index (χ3v) is 3.05. The van der Waals surface area contributed by atoms with E-state index in [0.717, 1.165) is 12.8 Å². The summed E-state index contributed by atoms with van der Waals surface area (Å²) in [7, 11) is 4.10. The minimum absolute atomic E-state index is 0.626. The van der Waals surface area contributed by atoms with Gasteiger partial charge < -0.3 is 15.4 Å². The number of aromatic nitrogens is 1. The van der Waals surface area contributed by atoms with Crippen LogP contribution in [0.15, 0.2) is 42.6 Å². The average Bonchev–Trinajstić information content (AvgIpc) is 2.46. The van der Waals surface area contributed by atoms with Gasteiger partial charge in [0.15, 0.2) is 0 Å². The van der Waals surface area contributed by atoms with Gasteiger partial charge in [-0.3, -0.25) is 0 Å². The molecular formula is C16H21N3O. The Morgan fingerprint density at radius 2 is 2.05 bits per heavy atom. The summed E-state index contributed by atoms with van der Waals surface area (Å²) in [6.07, 6.45) is 3.56. The molecule has 2 rings (SSSR count). The van der Waals surface area contributed by atoms with E-state index in [2.05, 4.69) is 48.2 Å². The van der Waals surface area contributed by atoms with E-state index in [4.69, 9.17) is 10.5 Å². The zero-order valence-electron chi connectivity index (χ0n) is 12.0. The lowest BCUT2D eigenvalue weighted by molar-refractivity contribution is 0.299. The Labute approximate surface area is 120 Å². The Morgan fingerprint density at radius 3 is 2.75 bits per heavy atom. The molecule has 4 nitrogen and oxygen atoms in total. The molecule has 1 heterocycles. The maximum absolute atomic E-state index is 5.58. The van der Waals surface area contributed by atoms with Gasteiger partial charge in [0.1, 0.15) is 0 Å².